The molecule has 19 heavy (non-hydrogen) atoms. The van der Waals surface area contributed by atoms with Crippen molar-refractivity contribution in [3.05, 3.63) is 41.5 Å². The van der Waals surface area contributed by atoms with Crippen LogP contribution in [-0.2, 0) is 0 Å². The summed E-state index contributed by atoms with van der Waals surface area (Å²) in [6.07, 6.45) is 0. The van der Waals surface area contributed by atoms with Crippen LogP contribution in [0.25, 0.3) is 0 Å². The Labute approximate surface area is 112 Å². The molecule has 5 heteroatoms. The van der Waals surface area contributed by atoms with Crippen molar-refractivity contribution in [3.8, 4) is 0 Å². The van der Waals surface area contributed by atoms with Gasteiger partial charge in [-0.15, -0.1) is 0 Å². The van der Waals surface area contributed by atoms with Crippen molar-refractivity contribution < 1.29 is 0 Å². The molecule has 0 bridgehead atoms. The molecule has 5 nitrogen and oxygen atoms in total. The monoisotopic (exact) mass is 257 g/mol. The third-order valence-corrected chi connectivity index (χ3v) is 2.95. The molecule has 100 valence electrons. The van der Waals surface area contributed by atoms with E-state index in [1.165, 1.54) is 0 Å². The van der Waals surface area contributed by atoms with Crippen molar-refractivity contribution in [1.29, 1.82) is 0 Å². The summed E-state index contributed by atoms with van der Waals surface area (Å²) < 4.78 is 0. The summed E-state index contributed by atoms with van der Waals surface area (Å²) in [4.78, 5) is 0. The van der Waals surface area contributed by atoms with Crippen molar-refractivity contribution in [3.63, 3.8) is 0 Å². The summed E-state index contributed by atoms with van der Waals surface area (Å²) in [5.41, 5.74) is 29.3. The normalized spacial score (nSPS) is 10.2. The highest BCUT2D eigenvalue weighted by Gasteiger charge is 2.05. The van der Waals surface area contributed by atoms with E-state index >= 15 is 0 Å². The van der Waals surface area contributed by atoms with Gasteiger partial charge in [-0.25, -0.2) is 0 Å². The third kappa shape index (κ3) is 2.82. The van der Waals surface area contributed by atoms with Crippen LogP contribution in [0.3, 0.4) is 0 Å². The molecule has 2 rings (SSSR count). The van der Waals surface area contributed by atoms with E-state index in [0.29, 0.717) is 17.1 Å². The minimum Gasteiger partial charge on any atom is -0.398 e. The smallest absolute Gasteiger partial charge is 0.0999 e. The highest BCUT2D eigenvalue weighted by Crippen LogP contribution is 2.28. The molecular formula is C14H19N5. The quantitative estimate of drug-likeness (QED) is 0.429. The first-order valence-corrected chi connectivity index (χ1v) is 6.01. The zero-order valence-electron chi connectivity index (χ0n) is 11.1. The zero-order chi connectivity index (χ0) is 14.0. The van der Waals surface area contributed by atoms with Gasteiger partial charge in [-0.3, -0.25) is 5.43 Å². The van der Waals surface area contributed by atoms with Gasteiger partial charge in [-0.1, -0.05) is 6.07 Å². The summed E-state index contributed by atoms with van der Waals surface area (Å²) in [6.45, 7) is 3.91. The van der Waals surface area contributed by atoms with E-state index in [4.69, 9.17) is 17.2 Å². The molecular weight excluding hydrogens is 238 g/mol. The number of hydrazine groups is 1. The fourth-order valence-electron chi connectivity index (χ4n) is 1.84. The first-order chi connectivity index (χ1) is 8.97. The highest BCUT2D eigenvalue weighted by atomic mass is 15.4. The summed E-state index contributed by atoms with van der Waals surface area (Å²) >= 11 is 0. The Morgan fingerprint density at radius 3 is 2.00 bits per heavy atom. The van der Waals surface area contributed by atoms with Crippen LogP contribution in [0.1, 0.15) is 11.1 Å². The standard InChI is InChI=1S/C14H19N5/c1-8-5-12(16)14(13(17)6-8)19-18-10-4-3-9(2)11(15)7-10/h3-7,18-19H,15-17H2,1-2H3. The van der Waals surface area contributed by atoms with Gasteiger partial charge in [0.05, 0.1) is 22.7 Å². The van der Waals surface area contributed by atoms with Crippen molar-refractivity contribution in [1.82, 2.24) is 0 Å². The Kier molecular flexibility index (Phi) is 3.37. The molecule has 0 atom stereocenters. The van der Waals surface area contributed by atoms with Gasteiger partial charge in [0.25, 0.3) is 0 Å². The molecule has 0 aliphatic heterocycles. The molecule has 0 fully saturated rings. The number of anilines is 5. The second-order valence-electron chi connectivity index (χ2n) is 4.64. The van der Waals surface area contributed by atoms with Gasteiger partial charge >= 0.3 is 0 Å². The number of benzene rings is 2. The van der Waals surface area contributed by atoms with Crippen LogP contribution in [0.5, 0.6) is 0 Å². The molecule has 0 unspecified atom stereocenters. The van der Waals surface area contributed by atoms with Gasteiger partial charge < -0.3 is 22.6 Å². The Morgan fingerprint density at radius 2 is 1.42 bits per heavy atom. The van der Waals surface area contributed by atoms with Gasteiger partial charge in [-0.2, -0.15) is 0 Å². The number of hydrogen-bond donors (Lipinski definition) is 5. The number of rotatable bonds is 3. The van der Waals surface area contributed by atoms with Crippen LogP contribution in [0.4, 0.5) is 28.4 Å². The van der Waals surface area contributed by atoms with Crippen LogP contribution < -0.4 is 28.1 Å². The number of nitrogens with one attached hydrogen (secondary N) is 2. The fraction of sp³-hybridized carbons (Fsp3) is 0.143. The Morgan fingerprint density at radius 1 is 0.789 bits per heavy atom. The predicted molar refractivity (Wildman–Crippen MR) is 82.8 cm³/mol. The number of hydrogen-bond acceptors (Lipinski definition) is 5. The topological polar surface area (TPSA) is 102 Å². The lowest BCUT2D eigenvalue weighted by Gasteiger charge is -2.15. The largest absolute Gasteiger partial charge is 0.398 e. The second kappa shape index (κ2) is 4.97. The average Bonchev–Trinajstić information content (AvgIpc) is 2.32. The molecule has 0 spiro atoms. The molecule has 0 aliphatic carbocycles. The second-order valence-corrected chi connectivity index (χ2v) is 4.64. The minimum atomic E-state index is 0.602. The number of nitrogen functional groups attached to an aromatic ring is 3. The summed E-state index contributed by atoms with van der Waals surface area (Å²) in [6, 6.07) is 9.46. The van der Waals surface area contributed by atoms with E-state index in [1.807, 2.05) is 44.2 Å². The summed E-state index contributed by atoms with van der Waals surface area (Å²) in [5.74, 6) is 0. The van der Waals surface area contributed by atoms with Crippen LogP contribution in [0, 0.1) is 13.8 Å². The van der Waals surface area contributed by atoms with E-state index in [9.17, 15) is 0 Å². The lowest BCUT2D eigenvalue weighted by Crippen LogP contribution is -2.12. The number of aryl methyl sites for hydroxylation is 2. The van der Waals surface area contributed by atoms with E-state index in [1.54, 1.807) is 0 Å². The molecule has 0 heterocycles. The predicted octanol–water partition coefficient (Wildman–Crippen LogP) is 2.49. The Balaban J connectivity index is 2.16. The third-order valence-electron chi connectivity index (χ3n) is 2.95. The molecule has 0 radical (unpaired) electrons. The van der Waals surface area contributed by atoms with Crippen molar-refractivity contribution in [2.75, 3.05) is 28.1 Å². The molecule has 2 aromatic carbocycles. The maximum atomic E-state index is 5.93. The average molecular weight is 257 g/mol. The lowest BCUT2D eigenvalue weighted by molar-refractivity contribution is 1.38. The zero-order valence-corrected chi connectivity index (χ0v) is 11.1. The van der Waals surface area contributed by atoms with Gasteiger partial charge in [-0.05, 0) is 49.2 Å². The first kappa shape index (κ1) is 12.9. The van der Waals surface area contributed by atoms with Crippen LogP contribution in [0.15, 0.2) is 30.3 Å². The molecule has 0 saturated heterocycles. The van der Waals surface area contributed by atoms with E-state index < -0.39 is 0 Å². The summed E-state index contributed by atoms with van der Waals surface area (Å²) in [7, 11) is 0. The van der Waals surface area contributed by atoms with Crippen molar-refractivity contribution in [2.24, 2.45) is 0 Å². The number of nitrogens with two attached hydrogens (primary N) is 3. The summed E-state index contributed by atoms with van der Waals surface area (Å²) in [5, 5.41) is 0. The molecule has 0 aliphatic rings. The fourth-order valence-corrected chi connectivity index (χ4v) is 1.84. The van der Waals surface area contributed by atoms with E-state index in [2.05, 4.69) is 10.9 Å². The minimum absolute atomic E-state index is 0.602. The SMILES string of the molecule is Cc1cc(N)c(NNc2ccc(C)c(N)c2)c(N)c1. The lowest BCUT2D eigenvalue weighted by atomic mass is 10.1. The van der Waals surface area contributed by atoms with Gasteiger partial charge in [0.1, 0.15) is 0 Å². The molecule has 2 aromatic rings. The molecule has 0 aromatic heterocycles. The van der Waals surface area contributed by atoms with E-state index in [0.717, 1.165) is 22.5 Å². The van der Waals surface area contributed by atoms with Crippen molar-refractivity contribution >= 4 is 28.4 Å². The molecule has 0 amide bonds. The maximum absolute atomic E-state index is 5.93. The van der Waals surface area contributed by atoms with Crippen LogP contribution in [-0.4, -0.2) is 0 Å². The van der Waals surface area contributed by atoms with Gasteiger partial charge in [0, 0.05) is 5.69 Å². The first-order valence-electron chi connectivity index (χ1n) is 6.01. The maximum Gasteiger partial charge on any atom is 0.0999 e. The van der Waals surface area contributed by atoms with Crippen LogP contribution in [0.2, 0.25) is 0 Å². The highest BCUT2D eigenvalue weighted by molar-refractivity contribution is 5.81. The molecule has 0 saturated carbocycles. The van der Waals surface area contributed by atoms with Gasteiger partial charge in [0.15, 0.2) is 0 Å². The van der Waals surface area contributed by atoms with Gasteiger partial charge in [0.2, 0.25) is 0 Å². The Hall–Kier alpha value is -2.56. The molecule has 8 N–H and O–H groups in total. The van der Waals surface area contributed by atoms with E-state index in [-0.39, 0.29) is 0 Å². The van der Waals surface area contributed by atoms with Crippen molar-refractivity contribution in [2.45, 2.75) is 13.8 Å². The Bertz CT molecular complexity index is 584. The van der Waals surface area contributed by atoms with Crippen LogP contribution >= 0.6 is 0 Å².